The number of ether oxygens (including phenoxy) is 3. The van der Waals surface area contributed by atoms with Gasteiger partial charge in [0.05, 0.1) is 13.2 Å². The van der Waals surface area contributed by atoms with Gasteiger partial charge in [0, 0.05) is 12.0 Å². The van der Waals surface area contributed by atoms with Gasteiger partial charge >= 0.3 is 0 Å². The van der Waals surface area contributed by atoms with Gasteiger partial charge in [0.15, 0.2) is 18.2 Å². The number of para-hydroxylation sites is 1. The molecule has 0 spiro atoms. The second-order valence-electron chi connectivity index (χ2n) is 6.81. The number of rotatable bonds is 5. The molecule has 0 aromatic heterocycles. The lowest BCUT2D eigenvalue weighted by Gasteiger charge is -2.38. The maximum Gasteiger partial charge on any atom is 0.258 e. The van der Waals surface area contributed by atoms with Gasteiger partial charge in [-0.25, -0.2) is 4.39 Å². The average Bonchev–Trinajstić information content (AvgIpc) is 2.60. The van der Waals surface area contributed by atoms with Crippen LogP contribution in [0.5, 0.6) is 17.2 Å². The van der Waals surface area contributed by atoms with E-state index in [2.05, 4.69) is 5.32 Å². The van der Waals surface area contributed by atoms with E-state index in [-0.39, 0.29) is 24.3 Å². The van der Waals surface area contributed by atoms with Gasteiger partial charge in [-0.3, -0.25) is 4.79 Å². The Morgan fingerprint density at radius 3 is 2.81 bits per heavy atom. The van der Waals surface area contributed by atoms with Crippen LogP contribution in [0.4, 0.5) is 4.39 Å². The molecule has 1 N–H and O–H groups in total. The Hall–Kier alpha value is -2.76. The first kappa shape index (κ1) is 18.0. The molecule has 2 aromatic rings. The maximum absolute atomic E-state index is 13.6. The number of methoxy groups -OCH3 is 1. The SMILES string of the molecule is COc1ccc2c(c1)[C@@H](NC(=O)COc1ccccc1F)CC(C)(C)O2. The lowest BCUT2D eigenvalue weighted by Crippen LogP contribution is -2.42. The van der Waals surface area contributed by atoms with Crippen molar-refractivity contribution in [2.45, 2.75) is 31.9 Å². The number of benzene rings is 2. The standard InChI is InChI=1S/C20H22FNO4/c1-20(2)11-16(14-10-13(24-3)8-9-17(14)26-20)22-19(23)12-25-18-7-5-4-6-15(18)21/h4-10,16H,11-12H2,1-3H3,(H,22,23)/t16-/m0/s1. The summed E-state index contributed by atoms with van der Waals surface area (Å²) in [7, 11) is 1.59. The summed E-state index contributed by atoms with van der Waals surface area (Å²) in [4.78, 5) is 12.3. The molecule has 1 atom stereocenters. The highest BCUT2D eigenvalue weighted by atomic mass is 19.1. The molecule has 138 valence electrons. The summed E-state index contributed by atoms with van der Waals surface area (Å²) in [5.74, 6) is 0.626. The number of hydrogen-bond acceptors (Lipinski definition) is 4. The molecule has 0 unspecified atom stereocenters. The van der Waals surface area contributed by atoms with Crippen molar-refractivity contribution >= 4 is 5.91 Å². The molecule has 1 amide bonds. The number of amides is 1. The molecule has 0 radical (unpaired) electrons. The molecular formula is C20H22FNO4. The summed E-state index contributed by atoms with van der Waals surface area (Å²) in [5, 5.41) is 2.95. The van der Waals surface area contributed by atoms with Crippen molar-refractivity contribution < 1.29 is 23.4 Å². The molecule has 5 nitrogen and oxygen atoms in total. The highest BCUT2D eigenvalue weighted by molar-refractivity contribution is 5.78. The number of hydrogen-bond donors (Lipinski definition) is 1. The van der Waals surface area contributed by atoms with Crippen molar-refractivity contribution in [3.05, 3.63) is 53.8 Å². The van der Waals surface area contributed by atoms with Crippen LogP contribution in [0, 0.1) is 5.82 Å². The van der Waals surface area contributed by atoms with Gasteiger partial charge in [0.25, 0.3) is 5.91 Å². The zero-order chi connectivity index (χ0) is 18.7. The minimum atomic E-state index is -0.498. The van der Waals surface area contributed by atoms with E-state index in [0.29, 0.717) is 17.9 Å². The number of nitrogens with one attached hydrogen (secondary N) is 1. The third-order valence-electron chi connectivity index (χ3n) is 4.20. The fourth-order valence-electron chi connectivity index (χ4n) is 3.03. The highest BCUT2D eigenvalue weighted by Gasteiger charge is 2.34. The summed E-state index contributed by atoms with van der Waals surface area (Å²) >= 11 is 0. The van der Waals surface area contributed by atoms with Crippen LogP contribution in [0.25, 0.3) is 0 Å². The Kier molecular flexibility index (Phi) is 5.02. The van der Waals surface area contributed by atoms with Crippen LogP contribution in [0.2, 0.25) is 0 Å². The molecule has 2 aromatic carbocycles. The van der Waals surface area contributed by atoms with Crippen molar-refractivity contribution in [3.63, 3.8) is 0 Å². The first-order valence-corrected chi connectivity index (χ1v) is 8.41. The molecule has 0 fully saturated rings. The van der Waals surface area contributed by atoms with Crippen LogP contribution in [0.1, 0.15) is 31.9 Å². The summed E-state index contributed by atoms with van der Waals surface area (Å²) in [6.07, 6.45) is 0.596. The zero-order valence-electron chi connectivity index (χ0n) is 15.0. The van der Waals surface area contributed by atoms with E-state index in [9.17, 15) is 9.18 Å². The van der Waals surface area contributed by atoms with Gasteiger partial charge in [-0.15, -0.1) is 0 Å². The molecule has 3 rings (SSSR count). The molecule has 26 heavy (non-hydrogen) atoms. The largest absolute Gasteiger partial charge is 0.497 e. The monoisotopic (exact) mass is 359 g/mol. The van der Waals surface area contributed by atoms with Crippen molar-refractivity contribution in [1.82, 2.24) is 5.32 Å². The molecule has 0 saturated heterocycles. The number of fused-ring (bicyclic) bond motifs is 1. The lowest BCUT2D eigenvalue weighted by atomic mass is 9.89. The van der Waals surface area contributed by atoms with Crippen LogP contribution in [-0.2, 0) is 4.79 Å². The zero-order valence-corrected chi connectivity index (χ0v) is 15.0. The van der Waals surface area contributed by atoms with Crippen molar-refractivity contribution in [1.29, 1.82) is 0 Å². The van der Waals surface area contributed by atoms with Gasteiger partial charge in [-0.05, 0) is 44.2 Å². The summed E-state index contributed by atoms with van der Waals surface area (Å²) in [5.41, 5.74) is 0.425. The highest BCUT2D eigenvalue weighted by Crippen LogP contribution is 2.41. The molecule has 0 bridgehead atoms. The molecule has 6 heteroatoms. The first-order chi connectivity index (χ1) is 12.4. The molecule has 1 aliphatic rings. The topological polar surface area (TPSA) is 56.8 Å². The quantitative estimate of drug-likeness (QED) is 0.886. The molecule has 0 saturated carbocycles. The molecule has 1 aliphatic heterocycles. The van der Waals surface area contributed by atoms with E-state index in [1.165, 1.54) is 12.1 Å². The summed E-state index contributed by atoms with van der Waals surface area (Å²) < 4.78 is 30.1. The Balaban J connectivity index is 1.72. The third-order valence-corrected chi connectivity index (χ3v) is 4.20. The van der Waals surface area contributed by atoms with E-state index in [1.807, 2.05) is 32.0 Å². The predicted molar refractivity (Wildman–Crippen MR) is 95.1 cm³/mol. The minimum absolute atomic E-state index is 0.0528. The molecule has 1 heterocycles. The van der Waals surface area contributed by atoms with E-state index in [1.54, 1.807) is 19.2 Å². The Morgan fingerprint density at radius 1 is 1.31 bits per heavy atom. The van der Waals surface area contributed by atoms with Crippen LogP contribution in [0.15, 0.2) is 42.5 Å². The van der Waals surface area contributed by atoms with Gasteiger partial charge in [-0.2, -0.15) is 0 Å². The van der Waals surface area contributed by atoms with E-state index in [0.717, 1.165) is 5.56 Å². The number of carbonyl (C=O) groups excluding carboxylic acids is 1. The third kappa shape index (κ3) is 4.07. The normalized spacial score (nSPS) is 17.6. The van der Waals surface area contributed by atoms with Gasteiger partial charge in [-0.1, -0.05) is 12.1 Å². The smallest absolute Gasteiger partial charge is 0.258 e. The first-order valence-electron chi connectivity index (χ1n) is 8.41. The molecule has 0 aliphatic carbocycles. The number of halogens is 1. The fourth-order valence-corrected chi connectivity index (χ4v) is 3.03. The molecular weight excluding hydrogens is 337 g/mol. The predicted octanol–water partition coefficient (Wildman–Crippen LogP) is 3.63. The Bertz CT molecular complexity index is 806. The summed E-state index contributed by atoms with van der Waals surface area (Å²) in [6, 6.07) is 11.3. The maximum atomic E-state index is 13.6. The number of carbonyl (C=O) groups is 1. The van der Waals surface area contributed by atoms with Crippen LogP contribution >= 0.6 is 0 Å². The fraction of sp³-hybridized carbons (Fsp3) is 0.350. The average molecular weight is 359 g/mol. The van der Waals surface area contributed by atoms with Crippen molar-refractivity contribution in [3.8, 4) is 17.2 Å². The van der Waals surface area contributed by atoms with Crippen LogP contribution in [0.3, 0.4) is 0 Å². The second-order valence-corrected chi connectivity index (χ2v) is 6.81. The van der Waals surface area contributed by atoms with Crippen LogP contribution in [-0.4, -0.2) is 25.2 Å². The van der Waals surface area contributed by atoms with Gasteiger partial charge < -0.3 is 19.5 Å². The summed E-state index contributed by atoms with van der Waals surface area (Å²) in [6.45, 7) is 3.67. The second kappa shape index (κ2) is 7.23. The van der Waals surface area contributed by atoms with Crippen molar-refractivity contribution in [2.24, 2.45) is 0 Å². The van der Waals surface area contributed by atoms with E-state index in [4.69, 9.17) is 14.2 Å². The van der Waals surface area contributed by atoms with Gasteiger partial charge in [0.2, 0.25) is 0 Å². The minimum Gasteiger partial charge on any atom is -0.497 e. The lowest BCUT2D eigenvalue weighted by molar-refractivity contribution is -0.124. The van der Waals surface area contributed by atoms with Gasteiger partial charge in [0.1, 0.15) is 17.1 Å². The Morgan fingerprint density at radius 2 is 2.08 bits per heavy atom. The van der Waals surface area contributed by atoms with Crippen molar-refractivity contribution in [2.75, 3.05) is 13.7 Å². The van der Waals surface area contributed by atoms with E-state index < -0.39 is 11.4 Å². The van der Waals surface area contributed by atoms with E-state index >= 15 is 0 Å². The Labute approximate surface area is 152 Å². The van der Waals surface area contributed by atoms with Crippen LogP contribution < -0.4 is 19.5 Å².